The van der Waals surface area contributed by atoms with Gasteiger partial charge in [0.1, 0.15) is 0 Å². The molecule has 0 atom stereocenters. The highest BCUT2D eigenvalue weighted by Crippen LogP contribution is 2.19. The molecule has 0 unspecified atom stereocenters. The van der Waals surface area contributed by atoms with Gasteiger partial charge >= 0.3 is 0 Å². The van der Waals surface area contributed by atoms with Crippen LogP contribution in [0.15, 0.2) is 18.2 Å². The minimum absolute atomic E-state index is 0.0205. The first-order chi connectivity index (χ1) is 9.47. The maximum atomic E-state index is 12.1. The summed E-state index contributed by atoms with van der Waals surface area (Å²) in [4.78, 5) is 24.0. The number of unbranched alkanes of at least 4 members (excludes halogenated alkanes) is 2. The van der Waals surface area contributed by atoms with E-state index >= 15 is 0 Å². The maximum Gasteiger partial charge on any atom is 0.272 e. The van der Waals surface area contributed by atoms with Crippen molar-refractivity contribution in [2.45, 2.75) is 26.2 Å². The van der Waals surface area contributed by atoms with E-state index in [0.717, 1.165) is 19.3 Å². The molecular weight excluding hydrogens is 260 g/mol. The second-order valence-electron chi connectivity index (χ2n) is 4.77. The molecule has 0 bridgehead atoms. The summed E-state index contributed by atoms with van der Waals surface area (Å²) in [6.45, 7) is 2.39. The van der Waals surface area contributed by atoms with Crippen molar-refractivity contribution < 1.29 is 14.8 Å². The van der Waals surface area contributed by atoms with Crippen LogP contribution < -0.4 is 0 Å². The first-order valence-electron chi connectivity index (χ1n) is 6.58. The monoisotopic (exact) mass is 280 g/mol. The highest BCUT2D eigenvalue weighted by molar-refractivity contribution is 5.94. The van der Waals surface area contributed by atoms with Gasteiger partial charge in [-0.2, -0.15) is 0 Å². The maximum absolute atomic E-state index is 12.1. The number of aliphatic hydroxyl groups is 1. The van der Waals surface area contributed by atoms with Crippen molar-refractivity contribution in [3.8, 4) is 0 Å². The number of nitro benzene ring substituents is 1. The fraction of sp³-hybridized carbons (Fsp3) is 0.500. The highest BCUT2D eigenvalue weighted by Gasteiger charge is 2.16. The van der Waals surface area contributed by atoms with Gasteiger partial charge in [-0.15, -0.1) is 0 Å². The molecule has 1 aromatic rings. The van der Waals surface area contributed by atoms with Gasteiger partial charge in [0.25, 0.3) is 11.6 Å². The van der Waals surface area contributed by atoms with Gasteiger partial charge in [-0.25, -0.2) is 0 Å². The van der Waals surface area contributed by atoms with Crippen molar-refractivity contribution in [1.29, 1.82) is 0 Å². The van der Waals surface area contributed by atoms with E-state index in [1.165, 1.54) is 12.1 Å². The van der Waals surface area contributed by atoms with Crippen molar-refractivity contribution in [2.75, 3.05) is 20.2 Å². The van der Waals surface area contributed by atoms with Crippen molar-refractivity contribution >= 4 is 11.6 Å². The first kappa shape index (κ1) is 16.1. The van der Waals surface area contributed by atoms with Crippen LogP contribution in [-0.4, -0.2) is 41.0 Å². The lowest BCUT2D eigenvalue weighted by Crippen LogP contribution is -2.27. The van der Waals surface area contributed by atoms with Crippen molar-refractivity contribution in [3.05, 3.63) is 39.4 Å². The Morgan fingerprint density at radius 2 is 2.05 bits per heavy atom. The molecular formula is C14H20N2O4. The average molecular weight is 280 g/mol. The lowest BCUT2D eigenvalue weighted by atomic mass is 10.1. The van der Waals surface area contributed by atoms with Crippen LogP contribution in [0.1, 0.15) is 35.2 Å². The zero-order valence-electron chi connectivity index (χ0n) is 11.8. The van der Waals surface area contributed by atoms with E-state index in [-0.39, 0.29) is 18.2 Å². The molecule has 0 fully saturated rings. The van der Waals surface area contributed by atoms with Crippen LogP contribution in [0.2, 0.25) is 0 Å². The van der Waals surface area contributed by atoms with Crippen LogP contribution in [0.5, 0.6) is 0 Å². The average Bonchev–Trinajstić information content (AvgIpc) is 2.42. The Kier molecular flexibility index (Phi) is 6.11. The van der Waals surface area contributed by atoms with Crippen LogP contribution in [0.25, 0.3) is 0 Å². The van der Waals surface area contributed by atoms with E-state index < -0.39 is 4.92 Å². The Hall–Kier alpha value is -1.95. The topological polar surface area (TPSA) is 83.7 Å². The molecule has 0 saturated heterocycles. The lowest BCUT2D eigenvalue weighted by Gasteiger charge is -2.17. The first-order valence-corrected chi connectivity index (χ1v) is 6.58. The Balaban J connectivity index is 2.67. The zero-order valence-corrected chi connectivity index (χ0v) is 11.8. The number of aryl methyl sites for hydroxylation is 1. The van der Waals surface area contributed by atoms with Gasteiger partial charge in [0.15, 0.2) is 0 Å². The zero-order chi connectivity index (χ0) is 15.1. The van der Waals surface area contributed by atoms with Crippen molar-refractivity contribution in [1.82, 2.24) is 4.90 Å². The number of benzene rings is 1. The van der Waals surface area contributed by atoms with Crippen molar-refractivity contribution in [3.63, 3.8) is 0 Å². The smallest absolute Gasteiger partial charge is 0.272 e. The van der Waals surface area contributed by atoms with Gasteiger partial charge in [0, 0.05) is 37.4 Å². The number of nitrogens with zero attached hydrogens (tertiary/aromatic N) is 2. The van der Waals surface area contributed by atoms with Gasteiger partial charge in [0.2, 0.25) is 0 Å². The molecule has 0 aliphatic carbocycles. The van der Waals surface area contributed by atoms with Gasteiger partial charge in [-0.1, -0.05) is 0 Å². The van der Waals surface area contributed by atoms with Crippen LogP contribution in [0, 0.1) is 17.0 Å². The van der Waals surface area contributed by atoms with Crippen LogP contribution in [0.4, 0.5) is 5.69 Å². The predicted octanol–water partition coefficient (Wildman–Crippen LogP) is 2.14. The van der Waals surface area contributed by atoms with Gasteiger partial charge in [-0.3, -0.25) is 14.9 Å². The Labute approximate surface area is 118 Å². The molecule has 0 aliphatic heterocycles. The van der Waals surface area contributed by atoms with E-state index in [9.17, 15) is 14.9 Å². The molecule has 0 saturated carbocycles. The fourth-order valence-corrected chi connectivity index (χ4v) is 1.95. The molecule has 20 heavy (non-hydrogen) atoms. The van der Waals surface area contributed by atoms with Crippen LogP contribution in [0.3, 0.4) is 0 Å². The third kappa shape index (κ3) is 4.31. The summed E-state index contributed by atoms with van der Waals surface area (Å²) in [5.74, 6) is -0.146. The van der Waals surface area contributed by atoms with E-state index in [0.29, 0.717) is 17.7 Å². The molecule has 6 nitrogen and oxygen atoms in total. The van der Waals surface area contributed by atoms with E-state index in [2.05, 4.69) is 0 Å². The van der Waals surface area contributed by atoms with Crippen LogP contribution >= 0.6 is 0 Å². The molecule has 6 heteroatoms. The van der Waals surface area contributed by atoms with E-state index in [1.807, 2.05) is 0 Å². The largest absolute Gasteiger partial charge is 0.396 e. The normalized spacial score (nSPS) is 10.3. The summed E-state index contributed by atoms with van der Waals surface area (Å²) < 4.78 is 0. The summed E-state index contributed by atoms with van der Waals surface area (Å²) in [7, 11) is 1.71. The predicted molar refractivity (Wildman–Crippen MR) is 75.7 cm³/mol. The fourth-order valence-electron chi connectivity index (χ4n) is 1.95. The number of carbonyl (C=O) groups is 1. The molecule has 0 radical (unpaired) electrons. The Morgan fingerprint density at radius 3 is 2.60 bits per heavy atom. The van der Waals surface area contributed by atoms with Gasteiger partial charge < -0.3 is 10.0 Å². The number of nitro groups is 1. The quantitative estimate of drug-likeness (QED) is 0.471. The standard InChI is InChI=1S/C14H20N2O4/c1-11-10-12(6-7-13(11)16(19)20)14(18)15(2)8-4-3-5-9-17/h6-7,10,17H,3-5,8-9H2,1-2H3. The molecule has 110 valence electrons. The third-order valence-electron chi connectivity index (χ3n) is 3.14. The second kappa shape index (κ2) is 7.59. The molecule has 0 aromatic heterocycles. The Bertz CT molecular complexity index is 488. The summed E-state index contributed by atoms with van der Waals surface area (Å²) >= 11 is 0. The number of rotatable bonds is 7. The van der Waals surface area contributed by atoms with E-state index in [1.54, 1.807) is 24.9 Å². The molecule has 0 heterocycles. The van der Waals surface area contributed by atoms with Gasteiger partial charge in [-0.05, 0) is 38.3 Å². The summed E-state index contributed by atoms with van der Waals surface area (Å²) in [6, 6.07) is 4.39. The second-order valence-corrected chi connectivity index (χ2v) is 4.77. The minimum Gasteiger partial charge on any atom is -0.396 e. The third-order valence-corrected chi connectivity index (χ3v) is 3.14. The molecule has 1 rings (SSSR count). The molecule has 0 spiro atoms. The summed E-state index contributed by atoms with van der Waals surface area (Å²) in [5.41, 5.74) is 0.958. The Morgan fingerprint density at radius 1 is 1.35 bits per heavy atom. The van der Waals surface area contributed by atoms with E-state index in [4.69, 9.17) is 5.11 Å². The number of carbonyl (C=O) groups excluding carboxylic acids is 1. The molecule has 0 aliphatic rings. The number of aliphatic hydroxyl groups excluding tert-OH is 1. The van der Waals surface area contributed by atoms with Crippen molar-refractivity contribution in [2.24, 2.45) is 0 Å². The SMILES string of the molecule is Cc1cc(C(=O)N(C)CCCCCO)ccc1[N+](=O)[O-]. The molecule has 1 aromatic carbocycles. The number of hydrogen-bond acceptors (Lipinski definition) is 4. The minimum atomic E-state index is -0.456. The number of amides is 1. The molecule has 1 N–H and O–H groups in total. The lowest BCUT2D eigenvalue weighted by molar-refractivity contribution is -0.385. The molecule has 1 amide bonds. The van der Waals surface area contributed by atoms with Crippen LogP contribution in [-0.2, 0) is 0 Å². The van der Waals surface area contributed by atoms with Gasteiger partial charge in [0.05, 0.1) is 4.92 Å². The summed E-state index contributed by atoms with van der Waals surface area (Å²) in [5, 5.41) is 19.4. The number of hydrogen-bond donors (Lipinski definition) is 1. The highest BCUT2D eigenvalue weighted by atomic mass is 16.6. The summed E-state index contributed by atoms with van der Waals surface area (Å²) in [6.07, 6.45) is 2.43.